The molecule has 1 aromatic heterocycles. The molecule has 7 nitrogen and oxygen atoms in total. The Kier molecular flexibility index (Phi) is 4.64. The molecule has 0 aromatic carbocycles. The van der Waals surface area contributed by atoms with Gasteiger partial charge in [-0.3, -0.25) is 0 Å². The third-order valence-electron chi connectivity index (χ3n) is 2.03. The zero-order valence-corrected chi connectivity index (χ0v) is 11.0. The Hall–Kier alpha value is -1.41. The monoisotopic (exact) mass is 259 g/mol. The first-order valence-corrected chi connectivity index (χ1v) is 6.75. The molecule has 17 heavy (non-hydrogen) atoms. The normalized spacial score (nSPS) is 11.2. The number of nitrogens with zero attached hydrogens (tertiary/aromatic N) is 3. The van der Waals surface area contributed by atoms with Crippen LogP contribution < -0.4 is 14.9 Å². The molecule has 2 N–H and O–H groups in total. The highest BCUT2D eigenvalue weighted by molar-refractivity contribution is 7.89. The van der Waals surface area contributed by atoms with Gasteiger partial charge in [0, 0.05) is 26.8 Å². The number of aromatic nitrogens is 2. The van der Waals surface area contributed by atoms with Crippen LogP contribution in [0.1, 0.15) is 0 Å². The summed E-state index contributed by atoms with van der Waals surface area (Å²) in [5.41, 5.74) is 0. The van der Waals surface area contributed by atoms with Crippen LogP contribution in [-0.2, 0) is 10.0 Å². The van der Waals surface area contributed by atoms with Crippen molar-refractivity contribution in [3.8, 4) is 0 Å². The predicted molar refractivity (Wildman–Crippen MR) is 67.7 cm³/mol. The third kappa shape index (κ3) is 4.53. The van der Waals surface area contributed by atoms with Crippen molar-refractivity contribution in [2.45, 2.75) is 0 Å². The molecule has 1 heterocycles. The molecule has 0 bridgehead atoms. The van der Waals surface area contributed by atoms with Gasteiger partial charge in [-0.05, 0) is 13.1 Å². The molecule has 0 amide bonds. The number of rotatable bonds is 6. The number of hydrogen-bond donors (Lipinski definition) is 2. The van der Waals surface area contributed by atoms with Gasteiger partial charge < -0.3 is 10.2 Å². The summed E-state index contributed by atoms with van der Waals surface area (Å²) < 4.78 is 24.6. The molecule has 0 saturated heterocycles. The largest absolute Gasteiger partial charge is 0.369 e. The SMILES string of the molecule is CNS(=O)(=O)CCNc1ccnc(N(C)C)n1. The van der Waals surface area contributed by atoms with E-state index in [2.05, 4.69) is 20.0 Å². The Labute approximate surface area is 101 Å². The van der Waals surface area contributed by atoms with Gasteiger partial charge in [0.05, 0.1) is 5.75 Å². The number of nitrogens with one attached hydrogen (secondary N) is 2. The smallest absolute Gasteiger partial charge is 0.226 e. The summed E-state index contributed by atoms with van der Waals surface area (Å²) in [6.07, 6.45) is 1.62. The molecule has 1 rings (SSSR count). The molecule has 0 aliphatic heterocycles. The Morgan fingerprint density at radius 3 is 2.71 bits per heavy atom. The van der Waals surface area contributed by atoms with Gasteiger partial charge in [-0.25, -0.2) is 18.1 Å². The van der Waals surface area contributed by atoms with E-state index < -0.39 is 10.0 Å². The van der Waals surface area contributed by atoms with Crippen molar-refractivity contribution in [2.24, 2.45) is 0 Å². The molecule has 0 spiro atoms. The van der Waals surface area contributed by atoms with Crippen molar-refractivity contribution in [2.75, 3.05) is 43.7 Å². The second-order valence-corrected chi connectivity index (χ2v) is 5.63. The number of hydrogen-bond acceptors (Lipinski definition) is 6. The first kappa shape index (κ1) is 13.7. The van der Waals surface area contributed by atoms with Crippen LogP contribution >= 0.6 is 0 Å². The van der Waals surface area contributed by atoms with E-state index in [1.807, 2.05) is 14.1 Å². The zero-order chi connectivity index (χ0) is 12.9. The topological polar surface area (TPSA) is 87.2 Å². The van der Waals surface area contributed by atoms with Gasteiger partial charge in [-0.15, -0.1) is 0 Å². The average molecular weight is 259 g/mol. The fraction of sp³-hybridized carbons (Fsp3) is 0.556. The lowest BCUT2D eigenvalue weighted by atomic mass is 10.5. The molecule has 0 unspecified atom stereocenters. The van der Waals surface area contributed by atoms with Crippen molar-refractivity contribution >= 4 is 21.8 Å². The van der Waals surface area contributed by atoms with Crippen molar-refractivity contribution in [1.29, 1.82) is 0 Å². The molecule has 0 saturated carbocycles. The minimum absolute atomic E-state index is 0.00476. The third-order valence-corrected chi connectivity index (χ3v) is 3.39. The number of sulfonamides is 1. The first-order valence-electron chi connectivity index (χ1n) is 5.10. The molecule has 96 valence electrons. The summed E-state index contributed by atoms with van der Waals surface area (Å²) in [5, 5.41) is 2.93. The summed E-state index contributed by atoms with van der Waals surface area (Å²) in [6.45, 7) is 0.299. The Bertz CT molecular complexity index is 460. The maximum absolute atomic E-state index is 11.2. The van der Waals surface area contributed by atoms with E-state index in [9.17, 15) is 8.42 Å². The van der Waals surface area contributed by atoms with Crippen LogP contribution in [0.15, 0.2) is 12.3 Å². The van der Waals surface area contributed by atoms with E-state index in [-0.39, 0.29) is 5.75 Å². The molecule has 0 radical (unpaired) electrons. The lowest BCUT2D eigenvalue weighted by molar-refractivity contribution is 0.588. The van der Waals surface area contributed by atoms with Gasteiger partial charge in [-0.1, -0.05) is 0 Å². The molecule has 0 aliphatic rings. The lowest BCUT2D eigenvalue weighted by Gasteiger charge is -2.11. The van der Waals surface area contributed by atoms with Gasteiger partial charge in [0.2, 0.25) is 16.0 Å². The van der Waals surface area contributed by atoms with Gasteiger partial charge in [0.1, 0.15) is 5.82 Å². The number of anilines is 2. The summed E-state index contributed by atoms with van der Waals surface area (Å²) in [4.78, 5) is 10.0. The summed E-state index contributed by atoms with van der Waals surface area (Å²) >= 11 is 0. The van der Waals surface area contributed by atoms with Crippen LogP contribution in [-0.4, -0.2) is 51.8 Å². The van der Waals surface area contributed by atoms with Crippen molar-refractivity contribution in [3.63, 3.8) is 0 Å². The maximum atomic E-state index is 11.2. The summed E-state index contributed by atoms with van der Waals surface area (Å²) in [5.74, 6) is 1.19. The fourth-order valence-corrected chi connectivity index (χ4v) is 1.65. The van der Waals surface area contributed by atoms with Gasteiger partial charge in [-0.2, -0.15) is 4.98 Å². The highest BCUT2D eigenvalue weighted by atomic mass is 32.2. The summed E-state index contributed by atoms with van der Waals surface area (Å²) in [7, 11) is 1.89. The summed E-state index contributed by atoms with van der Waals surface area (Å²) in [6, 6.07) is 1.69. The van der Waals surface area contributed by atoms with E-state index in [1.54, 1.807) is 17.2 Å². The molecular weight excluding hydrogens is 242 g/mol. The molecular formula is C9H17N5O2S. The van der Waals surface area contributed by atoms with Crippen LogP contribution in [0.25, 0.3) is 0 Å². The van der Waals surface area contributed by atoms with E-state index >= 15 is 0 Å². The van der Waals surface area contributed by atoms with Crippen LogP contribution in [0.2, 0.25) is 0 Å². The molecule has 0 atom stereocenters. The second kappa shape index (κ2) is 5.78. The van der Waals surface area contributed by atoms with Crippen LogP contribution in [0, 0.1) is 0 Å². The minimum Gasteiger partial charge on any atom is -0.369 e. The van der Waals surface area contributed by atoms with Crippen LogP contribution in [0.3, 0.4) is 0 Å². The van der Waals surface area contributed by atoms with Crippen molar-refractivity contribution < 1.29 is 8.42 Å². The Morgan fingerprint density at radius 2 is 2.12 bits per heavy atom. The van der Waals surface area contributed by atoms with Crippen LogP contribution in [0.4, 0.5) is 11.8 Å². The average Bonchev–Trinajstić information content (AvgIpc) is 2.29. The fourth-order valence-electron chi connectivity index (χ4n) is 1.08. The van der Waals surface area contributed by atoms with Crippen molar-refractivity contribution in [3.05, 3.63) is 12.3 Å². The maximum Gasteiger partial charge on any atom is 0.226 e. The Balaban J connectivity index is 2.55. The standard InChI is InChI=1S/C9H17N5O2S/c1-10-17(15,16)7-6-11-8-4-5-12-9(13-8)14(2)3/h4-5,10H,6-7H2,1-3H3,(H,11,12,13). The van der Waals surface area contributed by atoms with E-state index in [0.29, 0.717) is 18.3 Å². The minimum atomic E-state index is -3.18. The lowest BCUT2D eigenvalue weighted by Crippen LogP contribution is -2.26. The molecule has 0 aliphatic carbocycles. The van der Waals surface area contributed by atoms with Gasteiger partial charge in [0.15, 0.2) is 0 Å². The van der Waals surface area contributed by atoms with Gasteiger partial charge >= 0.3 is 0 Å². The van der Waals surface area contributed by atoms with E-state index in [1.165, 1.54) is 7.05 Å². The zero-order valence-electron chi connectivity index (χ0n) is 10.1. The van der Waals surface area contributed by atoms with Gasteiger partial charge in [0.25, 0.3) is 0 Å². The highest BCUT2D eigenvalue weighted by Gasteiger charge is 2.06. The molecule has 8 heteroatoms. The quantitative estimate of drug-likeness (QED) is 0.716. The van der Waals surface area contributed by atoms with Crippen molar-refractivity contribution in [1.82, 2.24) is 14.7 Å². The highest BCUT2D eigenvalue weighted by Crippen LogP contribution is 2.07. The molecule has 0 fully saturated rings. The van der Waals surface area contributed by atoms with E-state index in [0.717, 1.165) is 0 Å². The first-order chi connectivity index (χ1) is 7.94. The Morgan fingerprint density at radius 1 is 1.41 bits per heavy atom. The van der Waals surface area contributed by atoms with Crippen LogP contribution in [0.5, 0.6) is 0 Å². The predicted octanol–water partition coefficient (Wildman–Crippen LogP) is -0.496. The molecule has 1 aromatic rings. The van der Waals surface area contributed by atoms with E-state index in [4.69, 9.17) is 0 Å². The second-order valence-electron chi connectivity index (χ2n) is 3.59.